The van der Waals surface area contributed by atoms with Crippen molar-refractivity contribution in [1.82, 2.24) is 0 Å². The van der Waals surface area contributed by atoms with Gasteiger partial charge < -0.3 is 5.11 Å². The number of nitriles is 1. The van der Waals surface area contributed by atoms with E-state index in [4.69, 9.17) is 10.4 Å². The molecule has 0 radical (unpaired) electrons. The predicted octanol–water partition coefficient (Wildman–Crippen LogP) is 4.17. The topological polar surface area (TPSA) is 61.1 Å². The molecule has 0 heterocycles. The van der Waals surface area contributed by atoms with Crippen LogP contribution in [0.15, 0.2) is 56.7 Å². The molecule has 0 atom stereocenters. The fourth-order valence-electron chi connectivity index (χ4n) is 1.49. The van der Waals surface area contributed by atoms with Crippen molar-refractivity contribution in [2.75, 3.05) is 0 Å². The zero-order valence-electron chi connectivity index (χ0n) is 9.63. The summed E-state index contributed by atoms with van der Waals surface area (Å²) in [5.41, 5.74) is 0.828. The molecule has 0 amide bonds. The fourth-order valence-corrected chi connectivity index (χ4v) is 3.01. The number of aromatic carboxylic acids is 1. The van der Waals surface area contributed by atoms with Crippen LogP contribution in [0.25, 0.3) is 0 Å². The molecule has 2 rings (SSSR count). The van der Waals surface area contributed by atoms with Gasteiger partial charge in [-0.05, 0) is 52.3 Å². The lowest BCUT2D eigenvalue weighted by atomic mass is 10.2. The molecule has 0 bridgehead atoms. The first-order valence-electron chi connectivity index (χ1n) is 5.31. The van der Waals surface area contributed by atoms with Crippen molar-refractivity contribution in [2.45, 2.75) is 9.79 Å². The molecule has 0 spiro atoms. The molecule has 2 aromatic rings. The van der Waals surface area contributed by atoms with E-state index in [9.17, 15) is 4.79 Å². The van der Waals surface area contributed by atoms with Gasteiger partial charge in [0.05, 0.1) is 11.1 Å². The van der Waals surface area contributed by atoms with Crippen LogP contribution >= 0.6 is 27.7 Å². The number of carboxylic acids is 1. The van der Waals surface area contributed by atoms with Crippen LogP contribution < -0.4 is 0 Å². The first kappa shape index (κ1) is 13.7. The van der Waals surface area contributed by atoms with Gasteiger partial charge in [0.25, 0.3) is 0 Å². The third-order valence-corrected chi connectivity index (χ3v) is 4.15. The molecule has 0 saturated carbocycles. The van der Waals surface area contributed by atoms with Gasteiger partial charge in [-0.25, -0.2) is 4.79 Å². The first-order valence-corrected chi connectivity index (χ1v) is 6.92. The van der Waals surface area contributed by atoms with E-state index in [0.717, 1.165) is 14.3 Å². The lowest BCUT2D eigenvalue weighted by molar-refractivity contribution is 0.0697. The average molecular weight is 334 g/mol. The van der Waals surface area contributed by atoms with E-state index in [-0.39, 0.29) is 5.56 Å². The van der Waals surface area contributed by atoms with E-state index in [1.165, 1.54) is 11.8 Å². The summed E-state index contributed by atoms with van der Waals surface area (Å²) in [4.78, 5) is 12.5. The lowest BCUT2D eigenvalue weighted by Gasteiger charge is -2.05. The molecule has 0 unspecified atom stereocenters. The molecular formula is C14H8BrNO2S. The SMILES string of the molecule is N#Cc1c(Br)cccc1Sc1ccc(C(=O)O)cc1. The van der Waals surface area contributed by atoms with Crippen molar-refractivity contribution in [1.29, 1.82) is 5.26 Å². The van der Waals surface area contributed by atoms with Gasteiger partial charge in [-0.15, -0.1) is 0 Å². The highest BCUT2D eigenvalue weighted by Crippen LogP contribution is 2.33. The van der Waals surface area contributed by atoms with E-state index >= 15 is 0 Å². The number of hydrogen-bond acceptors (Lipinski definition) is 3. The van der Waals surface area contributed by atoms with Gasteiger partial charge in [0.15, 0.2) is 0 Å². The quantitative estimate of drug-likeness (QED) is 0.915. The van der Waals surface area contributed by atoms with Crippen LogP contribution in [0.2, 0.25) is 0 Å². The van der Waals surface area contributed by atoms with Crippen LogP contribution in [0.1, 0.15) is 15.9 Å². The van der Waals surface area contributed by atoms with E-state index in [1.54, 1.807) is 24.3 Å². The summed E-state index contributed by atoms with van der Waals surface area (Å²) in [5, 5.41) is 18.0. The van der Waals surface area contributed by atoms with Crippen molar-refractivity contribution < 1.29 is 9.90 Å². The minimum atomic E-state index is -0.947. The van der Waals surface area contributed by atoms with Gasteiger partial charge in [0.2, 0.25) is 0 Å². The molecule has 0 aliphatic heterocycles. The Bertz CT molecular complexity index is 662. The van der Waals surface area contributed by atoms with Crippen LogP contribution in [-0.4, -0.2) is 11.1 Å². The Balaban J connectivity index is 2.29. The Morgan fingerprint density at radius 2 is 1.89 bits per heavy atom. The highest BCUT2D eigenvalue weighted by molar-refractivity contribution is 9.10. The molecule has 0 fully saturated rings. The van der Waals surface area contributed by atoms with Crippen LogP contribution in [0.4, 0.5) is 0 Å². The van der Waals surface area contributed by atoms with E-state index in [0.29, 0.717) is 5.56 Å². The summed E-state index contributed by atoms with van der Waals surface area (Å²) < 4.78 is 0.752. The minimum absolute atomic E-state index is 0.249. The molecular weight excluding hydrogens is 326 g/mol. The number of rotatable bonds is 3. The van der Waals surface area contributed by atoms with Gasteiger partial charge in [-0.2, -0.15) is 5.26 Å². The fraction of sp³-hybridized carbons (Fsp3) is 0. The van der Waals surface area contributed by atoms with Crippen LogP contribution in [0.5, 0.6) is 0 Å². The average Bonchev–Trinajstić information content (AvgIpc) is 2.39. The zero-order valence-corrected chi connectivity index (χ0v) is 12.0. The summed E-state index contributed by atoms with van der Waals surface area (Å²) in [6.45, 7) is 0. The zero-order chi connectivity index (χ0) is 13.8. The summed E-state index contributed by atoms with van der Waals surface area (Å²) in [7, 11) is 0. The molecule has 0 saturated heterocycles. The molecule has 3 nitrogen and oxygen atoms in total. The second-order valence-electron chi connectivity index (χ2n) is 3.66. The molecule has 0 aromatic heterocycles. The van der Waals surface area contributed by atoms with Gasteiger partial charge in [0, 0.05) is 14.3 Å². The van der Waals surface area contributed by atoms with Crippen molar-refractivity contribution in [3.63, 3.8) is 0 Å². The number of benzene rings is 2. The molecule has 94 valence electrons. The van der Waals surface area contributed by atoms with Crippen LogP contribution in [0, 0.1) is 11.3 Å². The number of carboxylic acid groups (broad SMARTS) is 1. The standard InChI is InChI=1S/C14H8BrNO2S/c15-12-2-1-3-13(11(12)8-16)19-10-6-4-9(5-7-10)14(17)18/h1-7H,(H,17,18). The normalized spacial score (nSPS) is 9.89. The molecule has 0 aliphatic rings. The Morgan fingerprint density at radius 3 is 2.47 bits per heavy atom. The summed E-state index contributed by atoms with van der Waals surface area (Å²) >= 11 is 4.77. The van der Waals surface area contributed by atoms with Crippen LogP contribution in [-0.2, 0) is 0 Å². The van der Waals surface area contributed by atoms with Gasteiger partial charge >= 0.3 is 5.97 Å². The molecule has 5 heteroatoms. The monoisotopic (exact) mass is 333 g/mol. The Kier molecular flexibility index (Phi) is 4.25. The Labute approximate surface area is 123 Å². The first-order chi connectivity index (χ1) is 9.11. The van der Waals surface area contributed by atoms with Gasteiger partial charge in [-0.3, -0.25) is 0 Å². The number of halogens is 1. The van der Waals surface area contributed by atoms with E-state index in [1.807, 2.05) is 18.2 Å². The maximum absolute atomic E-state index is 10.8. The summed E-state index contributed by atoms with van der Waals surface area (Å²) in [5.74, 6) is -0.947. The van der Waals surface area contributed by atoms with Crippen molar-refractivity contribution in [2.24, 2.45) is 0 Å². The maximum atomic E-state index is 10.8. The number of carbonyl (C=O) groups is 1. The van der Waals surface area contributed by atoms with E-state index in [2.05, 4.69) is 22.0 Å². The van der Waals surface area contributed by atoms with Crippen LogP contribution in [0.3, 0.4) is 0 Å². The smallest absolute Gasteiger partial charge is 0.335 e. The molecule has 0 aliphatic carbocycles. The molecule has 2 aromatic carbocycles. The summed E-state index contributed by atoms with van der Waals surface area (Å²) in [6.07, 6.45) is 0. The highest BCUT2D eigenvalue weighted by Gasteiger charge is 2.08. The Morgan fingerprint density at radius 1 is 1.21 bits per heavy atom. The summed E-state index contributed by atoms with van der Waals surface area (Å²) in [6, 6.07) is 14.3. The third kappa shape index (κ3) is 3.16. The second kappa shape index (κ2) is 5.91. The maximum Gasteiger partial charge on any atom is 0.335 e. The van der Waals surface area contributed by atoms with Gasteiger partial charge in [0.1, 0.15) is 6.07 Å². The third-order valence-electron chi connectivity index (χ3n) is 2.42. The van der Waals surface area contributed by atoms with Crippen molar-refractivity contribution in [3.8, 4) is 6.07 Å². The lowest BCUT2D eigenvalue weighted by Crippen LogP contribution is -1.94. The van der Waals surface area contributed by atoms with Crippen molar-refractivity contribution >= 4 is 33.7 Å². The Hall–Kier alpha value is -1.77. The number of nitrogens with zero attached hydrogens (tertiary/aromatic N) is 1. The molecule has 1 N–H and O–H groups in total. The van der Waals surface area contributed by atoms with E-state index < -0.39 is 5.97 Å². The minimum Gasteiger partial charge on any atom is -0.478 e. The number of hydrogen-bond donors (Lipinski definition) is 1. The predicted molar refractivity (Wildman–Crippen MR) is 76.4 cm³/mol. The van der Waals surface area contributed by atoms with Crippen molar-refractivity contribution in [3.05, 3.63) is 58.1 Å². The molecule has 19 heavy (non-hydrogen) atoms. The van der Waals surface area contributed by atoms with Gasteiger partial charge in [-0.1, -0.05) is 17.8 Å². The highest BCUT2D eigenvalue weighted by atomic mass is 79.9. The largest absolute Gasteiger partial charge is 0.478 e. The second-order valence-corrected chi connectivity index (χ2v) is 5.63.